The zero-order chi connectivity index (χ0) is 12.0. The maximum Gasteiger partial charge on any atom is 0.130 e. The van der Waals surface area contributed by atoms with Gasteiger partial charge in [-0.3, -0.25) is 0 Å². The van der Waals surface area contributed by atoms with Crippen molar-refractivity contribution in [1.29, 1.82) is 0 Å². The molecular formula is C12H17F2NO. The lowest BCUT2D eigenvalue weighted by molar-refractivity contribution is 0.276. The van der Waals surface area contributed by atoms with E-state index in [0.29, 0.717) is 6.42 Å². The van der Waals surface area contributed by atoms with E-state index in [0.717, 1.165) is 6.42 Å². The van der Waals surface area contributed by atoms with E-state index in [2.05, 4.69) is 5.32 Å². The third-order valence-corrected chi connectivity index (χ3v) is 2.48. The summed E-state index contributed by atoms with van der Waals surface area (Å²) < 4.78 is 26.5. The largest absolute Gasteiger partial charge is 0.396 e. The van der Waals surface area contributed by atoms with Gasteiger partial charge in [0, 0.05) is 24.8 Å². The zero-order valence-electron chi connectivity index (χ0n) is 9.34. The Labute approximate surface area is 94.3 Å². The Kier molecular flexibility index (Phi) is 5.35. The fraction of sp³-hybridized carbons (Fsp3) is 0.500. The molecule has 2 nitrogen and oxygen atoms in total. The Morgan fingerprint density at radius 3 is 2.50 bits per heavy atom. The second kappa shape index (κ2) is 6.55. The first-order valence-electron chi connectivity index (χ1n) is 5.42. The molecule has 0 aromatic heterocycles. The Morgan fingerprint density at radius 2 is 1.94 bits per heavy atom. The van der Waals surface area contributed by atoms with Crippen LogP contribution in [-0.4, -0.2) is 17.8 Å². The van der Waals surface area contributed by atoms with Gasteiger partial charge in [0.2, 0.25) is 0 Å². The smallest absolute Gasteiger partial charge is 0.130 e. The van der Waals surface area contributed by atoms with Gasteiger partial charge in [-0.1, -0.05) is 6.07 Å². The highest BCUT2D eigenvalue weighted by atomic mass is 19.1. The lowest BCUT2D eigenvalue weighted by Gasteiger charge is -2.13. The third-order valence-electron chi connectivity index (χ3n) is 2.48. The van der Waals surface area contributed by atoms with Crippen molar-refractivity contribution in [2.45, 2.75) is 32.4 Å². The Balaban J connectivity index is 2.48. The summed E-state index contributed by atoms with van der Waals surface area (Å²) >= 11 is 0. The molecule has 0 aliphatic rings. The lowest BCUT2D eigenvalue weighted by atomic mass is 10.1. The average Bonchev–Trinajstić information content (AvgIpc) is 2.25. The SMILES string of the molecule is CC(CCCO)NCc1c(F)cccc1F. The van der Waals surface area contributed by atoms with Crippen molar-refractivity contribution < 1.29 is 13.9 Å². The van der Waals surface area contributed by atoms with Gasteiger partial charge in [0.1, 0.15) is 11.6 Å². The van der Waals surface area contributed by atoms with Crippen LogP contribution in [0.2, 0.25) is 0 Å². The molecule has 16 heavy (non-hydrogen) atoms. The Bertz CT molecular complexity index is 311. The molecule has 0 aliphatic carbocycles. The molecule has 1 atom stereocenters. The van der Waals surface area contributed by atoms with Crippen LogP contribution in [0.4, 0.5) is 8.78 Å². The molecule has 2 N–H and O–H groups in total. The van der Waals surface area contributed by atoms with Crippen LogP contribution < -0.4 is 5.32 Å². The second-order valence-corrected chi connectivity index (χ2v) is 3.85. The molecule has 1 unspecified atom stereocenters. The quantitative estimate of drug-likeness (QED) is 0.784. The summed E-state index contributed by atoms with van der Waals surface area (Å²) in [6, 6.07) is 3.98. The molecule has 0 spiro atoms. The lowest BCUT2D eigenvalue weighted by Crippen LogP contribution is -2.26. The molecule has 4 heteroatoms. The second-order valence-electron chi connectivity index (χ2n) is 3.85. The molecule has 0 saturated carbocycles. The molecule has 1 rings (SSSR count). The molecule has 0 amide bonds. The summed E-state index contributed by atoms with van der Waals surface area (Å²) in [4.78, 5) is 0. The molecule has 0 aliphatic heterocycles. The summed E-state index contributed by atoms with van der Waals surface area (Å²) in [5.41, 5.74) is 0.0679. The highest BCUT2D eigenvalue weighted by molar-refractivity contribution is 5.19. The number of nitrogens with one attached hydrogen (secondary N) is 1. The first kappa shape index (κ1) is 13.1. The van der Waals surface area contributed by atoms with Crippen LogP contribution in [0.5, 0.6) is 0 Å². The number of aliphatic hydroxyl groups is 1. The van der Waals surface area contributed by atoms with Gasteiger partial charge >= 0.3 is 0 Å². The van der Waals surface area contributed by atoms with Gasteiger partial charge < -0.3 is 10.4 Å². The zero-order valence-corrected chi connectivity index (χ0v) is 9.34. The Morgan fingerprint density at radius 1 is 1.31 bits per heavy atom. The van der Waals surface area contributed by atoms with Gasteiger partial charge in [0.15, 0.2) is 0 Å². The highest BCUT2D eigenvalue weighted by Crippen LogP contribution is 2.12. The van der Waals surface area contributed by atoms with Gasteiger partial charge in [0.05, 0.1) is 0 Å². The van der Waals surface area contributed by atoms with Crippen molar-refractivity contribution in [3.05, 3.63) is 35.4 Å². The minimum Gasteiger partial charge on any atom is -0.396 e. The molecule has 1 aromatic rings. The highest BCUT2D eigenvalue weighted by Gasteiger charge is 2.09. The molecule has 0 bridgehead atoms. The van der Waals surface area contributed by atoms with E-state index in [9.17, 15) is 8.78 Å². The van der Waals surface area contributed by atoms with Crippen LogP contribution in [0.15, 0.2) is 18.2 Å². The fourth-order valence-electron chi connectivity index (χ4n) is 1.48. The van der Waals surface area contributed by atoms with E-state index in [-0.39, 0.29) is 24.8 Å². The fourth-order valence-corrected chi connectivity index (χ4v) is 1.48. The van der Waals surface area contributed by atoms with E-state index in [1.54, 1.807) is 0 Å². The molecular weight excluding hydrogens is 212 g/mol. The summed E-state index contributed by atoms with van der Waals surface area (Å²) in [5, 5.41) is 11.7. The predicted octanol–water partition coefficient (Wildman–Crippen LogP) is 2.22. The van der Waals surface area contributed by atoms with Crippen LogP contribution in [0.3, 0.4) is 0 Å². The van der Waals surface area contributed by atoms with Crippen molar-refractivity contribution in [1.82, 2.24) is 5.32 Å². The van der Waals surface area contributed by atoms with Crippen LogP contribution in [0.25, 0.3) is 0 Å². The molecule has 0 saturated heterocycles. The number of rotatable bonds is 6. The number of hydrogen-bond acceptors (Lipinski definition) is 2. The topological polar surface area (TPSA) is 32.3 Å². The van der Waals surface area contributed by atoms with Gasteiger partial charge in [-0.2, -0.15) is 0 Å². The Hall–Kier alpha value is -1.00. The van der Waals surface area contributed by atoms with Gasteiger partial charge in [-0.05, 0) is 31.9 Å². The molecule has 0 fully saturated rings. The van der Waals surface area contributed by atoms with Crippen LogP contribution in [0.1, 0.15) is 25.3 Å². The minimum absolute atomic E-state index is 0.0679. The van der Waals surface area contributed by atoms with Crippen LogP contribution >= 0.6 is 0 Å². The van der Waals surface area contributed by atoms with E-state index in [1.807, 2.05) is 6.92 Å². The van der Waals surface area contributed by atoms with Gasteiger partial charge in [-0.15, -0.1) is 0 Å². The summed E-state index contributed by atoms with van der Waals surface area (Å²) in [7, 11) is 0. The average molecular weight is 229 g/mol. The monoisotopic (exact) mass is 229 g/mol. The third kappa shape index (κ3) is 3.87. The normalized spacial score (nSPS) is 12.8. The van der Waals surface area contributed by atoms with E-state index < -0.39 is 11.6 Å². The minimum atomic E-state index is -0.526. The van der Waals surface area contributed by atoms with E-state index in [1.165, 1.54) is 18.2 Å². The standard InChI is InChI=1S/C12H17F2NO/c1-9(4-3-7-16)15-8-10-11(13)5-2-6-12(10)14/h2,5-6,9,15-16H,3-4,7-8H2,1H3. The molecule has 0 heterocycles. The number of halogens is 2. The van der Waals surface area contributed by atoms with Crippen molar-refractivity contribution in [2.24, 2.45) is 0 Å². The number of benzene rings is 1. The van der Waals surface area contributed by atoms with Crippen LogP contribution in [-0.2, 0) is 6.54 Å². The molecule has 90 valence electrons. The number of hydrogen-bond donors (Lipinski definition) is 2. The summed E-state index contributed by atoms with van der Waals surface area (Å²) in [6.45, 7) is 2.24. The molecule has 1 aromatic carbocycles. The van der Waals surface area contributed by atoms with Gasteiger partial charge in [-0.25, -0.2) is 8.78 Å². The van der Waals surface area contributed by atoms with Crippen molar-refractivity contribution >= 4 is 0 Å². The first-order chi connectivity index (χ1) is 7.65. The maximum atomic E-state index is 13.2. The van der Waals surface area contributed by atoms with Crippen molar-refractivity contribution in [3.63, 3.8) is 0 Å². The first-order valence-corrected chi connectivity index (χ1v) is 5.42. The van der Waals surface area contributed by atoms with E-state index >= 15 is 0 Å². The van der Waals surface area contributed by atoms with Crippen molar-refractivity contribution in [3.8, 4) is 0 Å². The summed E-state index contributed by atoms with van der Waals surface area (Å²) in [5.74, 6) is -1.05. The maximum absolute atomic E-state index is 13.2. The van der Waals surface area contributed by atoms with E-state index in [4.69, 9.17) is 5.11 Å². The van der Waals surface area contributed by atoms with Crippen LogP contribution in [0, 0.1) is 11.6 Å². The molecule has 0 radical (unpaired) electrons. The summed E-state index contributed by atoms with van der Waals surface area (Å²) in [6.07, 6.45) is 1.47. The van der Waals surface area contributed by atoms with Gasteiger partial charge in [0.25, 0.3) is 0 Å². The van der Waals surface area contributed by atoms with Crippen molar-refractivity contribution in [2.75, 3.05) is 6.61 Å². The number of aliphatic hydroxyl groups excluding tert-OH is 1. The predicted molar refractivity (Wildman–Crippen MR) is 59.0 cm³/mol.